The van der Waals surface area contributed by atoms with Crippen molar-refractivity contribution in [3.8, 4) is 0 Å². The predicted octanol–water partition coefficient (Wildman–Crippen LogP) is 4.16. The molecule has 6 atom stereocenters. The highest BCUT2D eigenvalue weighted by atomic mass is 32.2. The molecule has 7 nitrogen and oxygen atoms in total. The van der Waals surface area contributed by atoms with E-state index in [1.165, 1.54) is 0 Å². The molecule has 0 aromatic heterocycles. The number of amides is 2. The van der Waals surface area contributed by atoms with E-state index in [1.807, 2.05) is 79.7 Å². The van der Waals surface area contributed by atoms with E-state index in [-0.39, 0.29) is 24.4 Å². The average molecular weight is 587 g/mol. The number of ether oxygens (including phenoxy) is 1. The lowest BCUT2D eigenvalue weighted by Crippen LogP contribution is -2.57. The Morgan fingerprint density at radius 1 is 0.929 bits per heavy atom. The first kappa shape index (κ1) is 28.7. The molecular formula is C34H38N2O5S. The first-order valence-corrected chi connectivity index (χ1v) is 15.7. The van der Waals surface area contributed by atoms with Crippen LogP contribution in [-0.4, -0.2) is 74.0 Å². The van der Waals surface area contributed by atoms with Crippen LogP contribution in [0.4, 0.5) is 0 Å². The average Bonchev–Trinajstić information content (AvgIpc) is 3.34. The van der Waals surface area contributed by atoms with Crippen molar-refractivity contribution in [1.29, 1.82) is 0 Å². The molecule has 2 fully saturated rings. The summed E-state index contributed by atoms with van der Waals surface area (Å²) >= 11 is 1.54. The number of aliphatic hydroxyl groups is 1. The van der Waals surface area contributed by atoms with Crippen LogP contribution in [0.25, 0.3) is 0 Å². The standard InChI is InChI=1S/C34H38N2O5S/c1-33-17-10-2-3-11-20-41-32(40)28(33)27-30(38)36(26(23-37)21-24-13-6-4-7-14-24)29-31(39)35(19-12-18-34(27,29)42-33)22-25-15-8-5-9-16-25/h4-10,12-18,26-29,37H,2-3,11,19-23H2,1H3/b17-10-/t26-,27+,28+,29?,33-,34+/m1/s1. The minimum Gasteiger partial charge on any atom is -0.465 e. The maximum atomic E-state index is 14.7. The van der Waals surface area contributed by atoms with Crippen molar-refractivity contribution in [2.75, 3.05) is 19.8 Å². The number of aliphatic hydroxyl groups excluding tert-OH is 1. The molecule has 0 radical (unpaired) electrons. The molecule has 8 heteroatoms. The van der Waals surface area contributed by atoms with Gasteiger partial charge in [0, 0.05) is 17.8 Å². The first-order chi connectivity index (χ1) is 20.4. The van der Waals surface area contributed by atoms with Crippen molar-refractivity contribution >= 4 is 29.5 Å². The summed E-state index contributed by atoms with van der Waals surface area (Å²) in [5.41, 5.74) is 1.96. The van der Waals surface area contributed by atoms with Crippen LogP contribution in [0.1, 0.15) is 37.3 Å². The van der Waals surface area contributed by atoms with Gasteiger partial charge in [0.2, 0.25) is 11.8 Å². The SMILES string of the molecule is C[C@@]12/C=C\CCCCOC(=O)[C@@H]1[C@H]1C(=O)N([C@@H](CO)Cc3ccccc3)C3C(=O)N(Cc4ccccc4)CC=C[C@@]31S2. The van der Waals surface area contributed by atoms with E-state index >= 15 is 0 Å². The lowest BCUT2D eigenvalue weighted by Gasteiger charge is -2.40. The van der Waals surface area contributed by atoms with E-state index in [9.17, 15) is 19.5 Å². The number of cyclic esters (lactones) is 1. The molecule has 0 aliphatic carbocycles. The van der Waals surface area contributed by atoms with E-state index in [4.69, 9.17) is 4.74 Å². The van der Waals surface area contributed by atoms with Crippen molar-refractivity contribution in [2.45, 2.75) is 60.7 Å². The fourth-order valence-corrected chi connectivity index (χ4v) is 9.40. The highest BCUT2D eigenvalue weighted by Gasteiger charge is 2.74. The number of thioether (sulfide) groups is 1. The zero-order valence-electron chi connectivity index (χ0n) is 23.9. The zero-order chi connectivity index (χ0) is 29.3. The van der Waals surface area contributed by atoms with Gasteiger partial charge in [-0.05, 0) is 43.7 Å². The summed E-state index contributed by atoms with van der Waals surface area (Å²) in [4.78, 5) is 46.6. The molecule has 2 amide bonds. The van der Waals surface area contributed by atoms with Gasteiger partial charge in [-0.2, -0.15) is 0 Å². The van der Waals surface area contributed by atoms with Gasteiger partial charge in [0.15, 0.2) is 0 Å². The third-order valence-corrected chi connectivity index (χ3v) is 11.0. The molecule has 220 valence electrons. The van der Waals surface area contributed by atoms with Crippen LogP contribution in [0.3, 0.4) is 0 Å². The van der Waals surface area contributed by atoms with Crippen molar-refractivity contribution in [3.63, 3.8) is 0 Å². The van der Waals surface area contributed by atoms with Gasteiger partial charge in [-0.3, -0.25) is 14.4 Å². The van der Waals surface area contributed by atoms with Crippen LogP contribution in [-0.2, 0) is 32.1 Å². The maximum Gasteiger partial charge on any atom is 0.311 e. The molecule has 42 heavy (non-hydrogen) atoms. The second-order valence-electron chi connectivity index (χ2n) is 11.9. The molecule has 2 saturated heterocycles. The molecule has 1 N–H and O–H groups in total. The highest BCUT2D eigenvalue weighted by molar-refractivity contribution is 8.02. The molecular weight excluding hydrogens is 548 g/mol. The number of carbonyl (C=O) groups excluding carboxylic acids is 3. The van der Waals surface area contributed by atoms with Crippen molar-refractivity contribution in [2.24, 2.45) is 11.8 Å². The van der Waals surface area contributed by atoms with E-state index < -0.39 is 33.4 Å². The van der Waals surface area contributed by atoms with E-state index in [1.54, 1.807) is 21.6 Å². The quantitative estimate of drug-likeness (QED) is 0.404. The third-order valence-electron chi connectivity index (χ3n) is 9.16. The van der Waals surface area contributed by atoms with Gasteiger partial charge < -0.3 is 19.6 Å². The lowest BCUT2D eigenvalue weighted by atomic mass is 9.74. The Hall–Kier alpha value is -3.36. The molecule has 0 saturated carbocycles. The number of rotatable bonds is 6. The molecule has 1 spiro atoms. The Bertz CT molecular complexity index is 1380. The zero-order valence-corrected chi connectivity index (χ0v) is 24.7. The van der Waals surface area contributed by atoms with E-state index in [2.05, 4.69) is 12.2 Å². The number of nitrogens with zero attached hydrogens (tertiary/aromatic N) is 2. The number of hydrogen-bond acceptors (Lipinski definition) is 6. The predicted molar refractivity (Wildman–Crippen MR) is 162 cm³/mol. The molecule has 2 aromatic carbocycles. The molecule has 4 heterocycles. The van der Waals surface area contributed by atoms with Gasteiger partial charge in [0.25, 0.3) is 0 Å². The van der Waals surface area contributed by atoms with Gasteiger partial charge in [0.05, 0.1) is 35.8 Å². The summed E-state index contributed by atoms with van der Waals surface area (Å²) < 4.78 is 4.07. The number of likely N-dealkylation sites (tertiary alicyclic amines) is 1. The van der Waals surface area contributed by atoms with E-state index in [0.717, 1.165) is 30.4 Å². The molecule has 4 aliphatic heterocycles. The molecule has 2 aromatic rings. The minimum atomic E-state index is -0.986. The number of allylic oxidation sites excluding steroid dienone is 1. The monoisotopic (exact) mass is 586 g/mol. The lowest BCUT2D eigenvalue weighted by molar-refractivity contribution is -0.154. The normalized spacial score (nSPS) is 32.4. The first-order valence-electron chi connectivity index (χ1n) is 14.9. The molecule has 6 rings (SSSR count). The van der Waals surface area contributed by atoms with Crippen LogP contribution in [0.15, 0.2) is 85.0 Å². The van der Waals surface area contributed by atoms with Crippen LogP contribution in [0.5, 0.6) is 0 Å². The van der Waals surface area contributed by atoms with Crippen molar-refractivity contribution < 1.29 is 24.2 Å². The van der Waals surface area contributed by atoms with Crippen LogP contribution < -0.4 is 0 Å². The fraction of sp³-hybridized carbons (Fsp3) is 0.441. The van der Waals surface area contributed by atoms with Gasteiger partial charge in [-0.1, -0.05) is 85.0 Å². The summed E-state index contributed by atoms with van der Waals surface area (Å²) in [5, 5.41) is 10.7. The maximum absolute atomic E-state index is 14.7. The third kappa shape index (κ3) is 4.98. The smallest absolute Gasteiger partial charge is 0.311 e. The summed E-state index contributed by atoms with van der Waals surface area (Å²) in [6.07, 6.45) is 11.1. The summed E-state index contributed by atoms with van der Waals surface area (Å²) in [6, 6.07) is 18.0. The Labute approximate surface area is 251 Å². The Morgan fingerprint density at radius 2 is 1.64 bits per heavy atom. The van der Waals surface area contributed by atoms with Crippen molar-refractivity contribution in [3.05, 3.63) is 96.1 Å². The number of esters is 1. The van der Waals surface area contributed by atoms with Crippen LogP contribution in [0, 0.1) is 11.8 Å². The second-order valence-corrected chi connectivity index (χ2v) is 13.7. The number of carbonyl (C=O) groups is 3. The largest absolute Gasteiger partial charge is 0.465 e. The number of hydrogen-bond donors (Lipinski definition) is 1. The number of benzene rings is 2. The Balaban J connectivity index is 1.46. The van der Waals surface area contributed by atoms with Crippen molar-refractivity contribution in [1.82, 2.24) is 9.80 Å². The van der Waals surface area contributed by atoms with Gasteiger partial charge in [-0.25, -0.2) is 0 Å². The Morgan fingerprint density at radius 3 is 2.36 bits per heavy atom. The molecule has 0 bridgehead atoms. The summed E-state index contributed by atoms with van der Waals surface area (Å²) in [5.74, 6) is -2.37. The Kier molecular flexibility index (Phi) is 8.03. The minimum absolute atomic E-state index is 0.164. The summed E-state index contributed by atoms with van der Waals surface area (Å²) in [7, 11) is 0. The van der Waals surface area contributed by atoms with Gasteiger partial charge >= 0.3 is 5.97 Å². The van der Waals surface area contributed by atoms with Crippen LogP contribution in [0.2, 0.25) is 0 Å². The van der Waals surface area contributed by atoms with E-state index in [0.29, 0.717) is 26.1 Å². The van der Waals surface area contributed by atoms with Gasteiger partial charge in [0.1, 0.15) is 6.04 Å². The summed E-state index contributed by atoms with van der Waals surface area (Å²) in [6.45, 7) is 2.82. The molecule has 4 aliphatic rings. The molecule has 1 unspecified atom stereocenters. The second kappa shape index (κ2) is 11.7. The van der Waals surface area contributed by atoms with Gasteiger partial charge in [-0.15, -0.1) is 11.8 Å². The number of fused-ring (bicyclic) bond motifs is 2. The van der Waals surface area contributed by atoms with Crippen LogP contribution >= 0.6 is 11.8 Å². The topological polar surface area (TPSA) is 87.1 Å². The highest BCUT2D eigenvalue weighted by Crippen LogP contribution is 2.65. The fourth-order valence-electron chi connectivity index (χ4n) is 7.26.